The molecule has 4 rings (SSSR count). The van der Waals surface area contributed by atoms with E-state index in [1.807, 2.05) is 41.3 Å². The number of carbonyl (C=O) groups is 2. The van der Waals surface area contributed by atoms with Gasteiger partial charge in [0.1, 0.15) is 0 Å². The average Bonchev–Trinajstić information content (AvgIpc) is 3.39. The second-order valence-corrected chi connectivity index (χ2v) is 7.69. The van der Waals surface area contributed by atoms with E-state index in [9.17, 15) is 9.59 Å². The molecule has 2 fully saturated rings. The van der Waals surface area contributed by atoms with Crippen molar-refractivity contribution in [2.24, 2.45) is 5.92 Å². The summed E-state index contributed by atoms with van der Waals surface area (Å²) in [4.78, 5) is 27.1. The number of nitrogens with one attached hydrogen (secondary N) is 1. The normalized spacial score (nSPS) is 17.6. The van der Waals surface area contributed by atoms with Gasteiger partial charge in [-0.3, -0.25) is 9.59 Å². The third-order valence-electron chi connectivity index (χ3n) is 5.61. The second kappa shape index (κ2) is 7.95. The Kier molecular flexibility index (Phi) is 5.23. The maximum absolute atomic E-state index is 12.7. The van der Waals surface area contributed by atoms with Crippen LogP contribution < -0.4 is 5.32 Å². The SMILES string of the molecule is O=C(CC(c1ccccc1)C1CC1)Nc1cccc(C(=O)N2CCCC2)c1. The lowest BCUT2D eigenvalue weighted by molar-refractivity contribution is -0.116. The Morgan fingerprint density at radius 1 is 1.00 bits per heavy atom. The summed E-state index contributed by atoms with van der Waals surface area (Å²) in [5, 5.41) is 3.00. The monoisotopic (exact) mass is 362 g/mol. The van der Waals surface area contributed by atoms with Crippen LogP contribution in [0.1, 0.15) is 53.9 Å². The minimum atomic E-state index is 0.0153. The molecule has 1 N–H and O–H groups in total. The highest BCUT2D eigenvalue weighted by molar-refractivity contribution is 5.97. The van der Waals surface area contributed by atoms with Gasteiger partial charge in [-0.15, -0.1) is 0 Å². The van der Waals surface area contributed by atoms with Gasteiger partial charge in [0.15, 0.2) is 0 Å². The highest BCUT2D eigenvalue weighted by Crippen LogP contribution is 2.44. The highest BCUT2D eigenvalue weighted by Gasteiger charge is 2.33. The van der Waals surface area contributed by atoms with Crippen molar-refractivity contribution in [2.45, 2.75) is 38.0 Å². The molecule has 2 aromatic rings. The predicted octanol–water partition coefficient (Wildman–Crippen LogP) is 4.45. The maximum Gasteiger partial charge on any atom is 0.253 e. The Balaban J connectivity index is 1.42. The number of benzene rings is 2. The molecule has 1 aliphatic carbocycles. The number of anilines is 1. The topological polar surface area (TPSA) is 49.4 Å². The smallest absolute Gasteiger partial charge is 0.253 e. The van der Waals surface area contributed by atoms with Crippen molar-refractivity contribution < 1.29 is 9.59 Å². The van der Waals surface area contributed by atoms with E-state index in [0.29, 0.717) is 23.6 Å². The third-order valence-corrected chi connectivity index (χ3v) is 5.61. The lowest BCUT2D eigenvalue weighted by Gasteiger charge is -2.17. The van der Waals surface area contributed by atoms with Crippen molar-refractivity contribution >= 4 is 17.5 Å². The minimum absolute atomic E-state index is 0.0153. The van der Waals surface area contributed by atoms with Gasteiger partial charge in [-0.1, -0.05) is 36.4 Å². The summed E-state index contributed by atoms with van der Waals surface area (Å²) >= 11 is 0. The van der Waals surface area contributed by atoms with Gasteiger partial charge in [0, 0.05) is 30.8 Å². The van der Waals surface area contributed by atoms with Gasteiger partial charge in [0.25, 0.3) is 5.91 Å². The minimum Gasteiger partial charge on any atom is -0.339 e. The van der Waals surface area contributed by atoms with Crippen LogP contribution in [0.2, 0.25) is 0 Å². The molecule has 0 spiro atoms. The van der Waals surface area contributed by atoms with Crippen LogP contribution in [-0.4, -0.2) is 29.8 Å². The first-order chi connectivity index (χ1) is 13.2. The summed E-state index contributed by atoms with van der Waals surface area (Å²) in [5.41, 5.74) is 2.59. The van der Waals surface area contributed by atoms with Crippen LogP contribution in [0.3, 0.4) is 0 Å². The fraction of sp³-hybridized carbons (Fsp3) is 0.391. The number of hydrogen-bond acceptors (Lipinski definition) is 2. The van der Waals surface area contributed by atoms with Gasteiger partial charge in [-0.2, -0.15) is 0 Å². The van der Waals surface area contributed by atoms with E-state index in [1.165, 1.54) is 18.4 Å². The number of rotatable bonds is 6. The highest BCUT2D eigenvalue weighted by atomic mass is 16.2. The molecular weight excluding hydrogens is 336 g/mol. The number of amides is 2. The molecule has 2 aromatic carbocycles. The Hall–Kier alpha value is -2.62. The average molecular weight is 362 g/mol. The fourth-order valence-electron chi connectivity index (χ4n) is 4.00. The molecule has 1 saturated carbocycles. The lowest BCUT2D eigenvalue weighted by atomic mass is 9.91. The molecule has 27 heavy (non-hydrogen) atoms. The quantitative estimate of drug-likeness (QED) is 0.826. The molecular formula is C23H26N2O2. The first kappa shape index (κ1) is 17.8. The Morgan fingerprint density at radius 3 is 2.44 bits per heavy atom. The number of nitrogens with zero attached hydrogens (tertiary/aromatic N) is 1. The zero-order valence-electron chi connectivity index (χ0n) is 15.6. The molecule has 0 radical (unpaired) electrons. The van der Waals surface area contributed by atoms with Crippen LogP contribution in [0.4, 0.5) is 5.69 Å². The number of likely N-dealkylation sites (tertiary alicyclic amines) is 1. The van der Waals surface area contributed by atoms with Crippen molar-refractivity contribution in [1.29, 1.82) is 0 Å². The first-order valence-corrected chi connectivity index (χ1v) is 9.95. The maximum atomic E-state index is 12.7. The van der Waals surface area contributed by atoms with Crippen molar-refractivity contribution in [3.05, 3.63) is 65.7 Å². The lowest BCUT2D eigenvalue weighted by Crippen LogP contribution is -2.27. The van der Waals surface area contributed by atoms with Crippen LogP contribution in [0, 0.1) is 5.92 Å². The number of carbonyl (C=O) groups excluding carboxylic acids is 2. The van der Waals surface area contributed by atoms with E-state index >= 15 is 0 Å². The molecule has 1 aliphatic heterocycles. The Bertz CT molecular complexity index is 808. The molecule has 2 amide bonds. The first-order valence-electron chi connectivity index (χ1n) is 9.95. The molecule has 4 nitrogen and oxygen atoms in total. The molecule has 0 aromatic heterocycles. The fourth-order valence-corrected chi connectivity index (χ4v) is 4.00. The van der Waals surface area contributed by atoms with E-state index in [0.717, 1.165) is 25.9 Å². The summed E-state index contributed by atoms with van der Waals surface area (Å²) in [5.74, 6) is 0.965. The van der Waals surface area contributed by atoms with Crippen molar-refractivity contribution in [3.8, 4) is 0 Å². The van der Waals surface area contributed by atoms with Crippen LogP contribution in [0.25, 0.3) is 0 Å². The second-order valence-electron chi connectivity index (χ2n) is 7.69. The molecule has 1 unspecified atom stereocenters. The van der Waals surface area contributed by atoms with Gasteiger partial charge in [0.2, 0.25) is 5.91 Å². The van der Waals surface area contributed by atoms with Crippen LogP contribution in [-0.2, 0) is 4.79 Å². The summed E-state index contributed by atoms with van der Waals surface area (Å²) < 4.78 is 0. The van der Waals surface area contributed by atoms with Crippen LogP contribution >= 0.6 is 0 Å². The summed E-state index contributed by atoms with van der Waals surface area (Å²) in [6, 6.07) is 17.6. The van der Waals surface area contributed by atoms with Crippen molar-refractivity contribution in [3.63, 3.8) is 0 Å². The largest absolute Gasteiger partial charge is 0.339 e. The molecule has 2 aliphatic rings. The standard InChI is InChI=1S/C23H26N2O2/c26-22(16-21(18-11-12-18)17-7-2-1-3-8-17)24-20-10-6-9-19(15-20)23(27)25-13-4-5-14-25/h1-3,6-10,15,18,21H,4-5,11-14,16H2,(H,24,26). The van der Waals surface area contributed by atoms with E-state index < -0.39 is 0 Å². The van der Waals surface area contributed by atoms with Gasteiger partial charge >= 0.3 is 0 Å². The van der Waals surface area contributed by atoms with Crippen LogP contribution in [0.15, 0.2) is 54.6 Å². The van der Waals surface area contributed by atoms with Crippen molar-refractivity contribution in [1.82, 2.24) is 4.90 Å². The van der Waals surface area contributed by atoms with Gasteiger partial charge in [-0.05, 0) is 61.3 Å². The van der Waals surface area contributed by atoms with E-state index in [2.05, 4.69) is 17.4 Å². The predicted molar refractivity (Wildman–Crippen MR) is 107 cm³/mol. The van der Waals surface area contributed by atoms with E-state index in [4.69, 9.17) is 0 Å². The molecule has 1 atom stereocenters. The molecule has 140 valence electrons. The van der Waals surface area contributed by atoms with E-state index in [-0.39, 0.29) is 17.7 Å². The summed E-state index contributed by atoms with van der Waals surface area (Å²) in [7, 11) is 0. The molecule has 1 heterocycles. The Morgan fingerprint density at radius 2 is 1.74 bits per heavy atom. The Labute approximate surface area is 160 Å². The summed E-state index contributed by atoms with van der Waals surface area (Å²) in [6.45, 7) is 1.66. The zero-order chi connectivity index (χ0) is 18.6. The third kappa shape index (κ3) is 4.38. The molecule has 1 saturated heterocycles. The van der Waals surface area contributed by atoms with Gasteiger partial charge < -0.3 is 10.2 Å². The summed E-state index contributed by atoms with van der Waals surface area (Å²) in [6.07, 6.45) is 5.03. The number of hydrogen-bond donors (Lipinski definition) is 1. The van der Waals surface area contributed by atoms with Gasteiger partial charge in [-0.25, -0.2) is 0 Å². The van der Waals surface area contributed by atoms with Crippen molar-refractivity contribution in [2.75, 3.05) is 18.4 Å². The molecule has 4 heteroatoms. The molecule has 0 bridgehead atoms. The zero-order valence-corrected chi connectivity index (χ0v) is 15.6. The van der Waals surface area contributed by atoms with Gasteiger partial charge in [0.05, 0.1) is 0 Å². The van der Waals surface area contributed by atoms with E-state index in [1.54, 1.807) is 6.07 Å². The van der Waals surface area contributed by atoms with Crippen LogP contribution in [0.5, 0.6) is 0 Å².